The molecule has 0 aliphatic carbocycles. The van der Waals surface area contributed by atoms with E-state index in [9.17, 15) is 29.4 Å². The Kier molecular flexibility index (Phi) is 9.76. The normalized spacial score (nSPS) is 18.4. The maximum atomic E-state index is 13.4. The molecule has 0 bridgehead atoms. The Morgan fingerprint density at radius 3 is 2.05 bits per heavy atom. The molecule has 0 aromatic heterocycles. The number of hydrogen-bond acceptors (Lipinski definition) is 6. The highest BCUT2D eigenvalue weighted by Crippen LogP contribution is 2.20. The van der Waals surface area contributed by atoms with Gasteiger partial charge in [0.05, 0.1) is 12.1 Å². The summed E-state index contributed by atoms with van der Waals surface area (Å²) < 4.78 is 0. The van der Waals surface area contributed by atoms with Crippen molar-refractivity contribution in [3.63, 3.8) is 0 Å². The van der Waals surface area contributed by atoms with Crippen molar-refractivity contribution in [2.75, 3.05) is 6.54 Å². The summed E-state index contributed by atoms with van der Waals surface area (Å²) >= 11 is 0. The fraction of sp³-hybridized carbons (Fsp3) is 0.407. The number of nitrogens with zero attached hydrogens (tertiary/aromatic N) is 1. The molecule has 1 aliphatic heterocycles. The highest BCUT2D eigenvalue weighted by molar-refractivity contribution is 5.94. The van der Waals surface area contributed by atoms with Crippen molar-refractivity contribution in [2.45, 2.75) is 62.9 Å². The van der Waals surface area contributed by atoms with Crippen molar-refractivity contribution in [1.82, 2.24) is 15.5 Å². The molecular formula is C27H34N4O6. The average Bonchev–Trinajstić information content (AvgIpc) is 3.37. The molecule has 3 rings (SSSR count). The molecule has 0 spiro atoms. The minimum atomic E-state index is -1.37. The van der Waals surface area contributed by atoms with Crippen molar-refractivity contribution >= 4 is 23.7 Å². The van der Waals surface area contributed by atoms with Gasteiger partial charge >= 0.3 is 5.97 Å². The summed E-state index contributed by atoms with van der Waals surface area (Å²) in [5.41, 5.74) is 7.64. The second kappa shape index (κ2) is 13.0. The number of benzene rings is 2. The molecule has 0 saturated carbocycles. The van der Waals surface area contributed by atoms with Crippen LogP contribution >= 0.6 is 0 Å². The van der Waals surface area contributed by atoms with Gasteiger partial charge in [0.2, 0.25) is 17.7 Å². The van der Waals surface area contributed by atoms with Crippen molar-refractivity contribution in [1.29, 1.82) is 0 Å². The Hall–Kier alpha value is -3.76. The van der Waals surface area contributed by atoms with Crippen molar-refractivity contribution in [3.8, 4) is 0 Å². The van der Waals surface area contributed by atoms with Crippen molar-refractivity contribution in [3.05, 3.63) is 71.8 Å². The average molecular weight is 511 g/mol. The Balaban J connectivity index is 1.74. The van der Waals surface area contributed by atoms with E-state index in [0.29, 0.717) is 12.8 Å². The minimum absolute atomic E-state index is 0.113. The number of carbonyl (C=O) groups is 4. The van der Waals surface area contributed by atoms with Crippen LogP contribution in [-0.2, 0) is 32.0 Å². The second-order valence-corrected chi connectivity index (χ2v) is 9.30. The first-order chi connectivity index (χ1) is 17.7. The molecule has 5 unspecified atom stereocenters. The van der Waals surface area contributed by atoms with Gasteiger partial charge in [-0.15, -0.1) is 0 Å². The third-order valence-electron chi connectivity index (χ3n) is 6.42. The molecular weight excluding hydrogens is 476 g/mol. The molecule has 2 aromatic rings. The van der Waals surface area contributed by atoms with Crippen LogP contribution in [-0.4, -0.2) is 75.6 Å². The van der Waals surface area contributed by atoms with E-state index in [1.165, 1.54) is 11.8 Å². The third-order valence-corrected chi connectivity index (χ3v) is 6.42. The molecule has 1 saturated heterocycles. The van der Waals surface area contributed by atoms with E-state index in [-0.39, 0.29) is 19.4 Å². The fourth-order valence-corrected chi connectivity index (χ4v) is 4.43. The number of carbonyl (C=O) groups excluding carboxylic acids is 3. The predicted octanol–water partition coefficient (Wildman–Crippen LogP) is 0.225. The number of aliphatic hydroxyl groups is 1. The Morgan fingerprint density at radius 2 is 1.51 bits per heavy atom. The van der Waals surface area contributed by atoms with E-state index in [1.54, 1.807) is 24.3 Å². The van der Waals surface area contributed by atoms with E-state index in [4.69, 9.17) is 5.73 Å². The molecule has 1 aliphatic rings. The zero-order valence-electron chi connectivity index (χ0n) is 20.7. The van der Waals surface area contributed by atoms with Crippen LogP contribution in [0.2, 0.25) is 0 Å². The van der Waals surface area contributed by atoms with Gasteiger partial charge in [0.1, 0.15) is 18.1 Å². The topological polar surface area (TPSA) is 162 Å². The molecule has 10 nitrogen and oxygen atoms in total. The molecule has 0 radical (unpaired) electrons. The van der Waals surface area contributed by atoms with Gasteiger partial charge in [-0.2, -0.15) is 0 Å². The van der Waals surface area contributed by atoms with Crippen LogP contribution in [0.15, 0.2) is 60.7 Å². The molecule has 2 aromatic carbocycles. The van der Waals surface area contributed by atoms with Crippen LogP contribution < -0.4 is 16.4 Å². The number of aliphatic carboxylic acids is 1. The number of likely N-dealkylation sites (tertiary alicyclic amines) is 1. The summed E-state index contributed by atoms with van der Waals surface area (Å²) in [6, 6.07) is 13.8. The quantitative estimate of drug-likeness (QED) is 0.289. The Bertz CT molecular complexity index is 1080. The van der Waals surface area contributed by atoms with Gasteiger partial charge in [0.25, 0.3) is 0 Å². The van der Waals surface area contributed by atoms with Gasteiger partial charge in [0.15, 0.2) is 0 Å². The number of aliphatic hydroxyl groups excluding tert-OH is 1. The molecule has 37 heavy (non-hydrogen) atoms. The summed E-state index contributed by atoms with van der Waals surface area (Å²) in [6.07, 6.45) is -0.0538. The van der Waals surface area contributed by atoms with Crippen LogP contribution in [0, 0.1) is 0 Å². The lowest BCUT2D eigenvalue weighted by molar-refractivity contribution is -0.149. The molecule has 6 N–H and O–H groups in total. The van der Waals surface area contributed by atoms with Gasteiger partial charge in [0, 0.05) is 13.0 Å². The zero-order chi connectivity index (χ0) is 26.9. The summed E-state index contributed by atoms with van der Waals surface area (Å²) in [5, 5.41) is 24.9. The highest BCUT2D eigenvalue weighted by atomic mass is 16.4. The molecule has 1 fully saturated rings. The zero-order valence-corrected chi connectivity index (χ0v) is 20.7. The number of carboxylic acids is 1. The van der Waals surface area contributed by atoms with E-state index < -0.39 is 54.0 Å². The van der Waals surface area contributed by atoms with Crippen LogP contribution in [0.1, 0.15) is 30.9 Å². The maximum Gasteiger partial charge on any atom is 0.326 e. The maximum absolute atomic E-state index is 13.4. The monoisotopic (exact) mass is 510 g/mol. The van der Waals surface area contributed by atoms with Crippen LogP contribution in [0.4, 0.5) is 0 Å². The largest absolute Gasteiger partial charge is 0.480 e. The van der Waals surface area contributed by atoms with E-state index in [2.05, 4.69) is 10.6 Å². The number of nitrogens with two attached hydrogens (primary N) is 1. The molecule has 3 amide bonds. The van der Waals surface area contributed by atoms with Crippen LogP contribution in [0.5, 0.6) is 0 Å². The van der Waals surface area contributed by atoms with Gasteiger partial charge in [-0.3, -0.25) is 14.4 Å². The summed E-state index contributed by atoms with van der Waals surface area (Å²) in [4.78, 5) is 52.3. The lowest BCUT2D eigenvalue weighted by Gasteiger charge is -2.29. The van der Waals surface area contributed by atoms with Crippen LogP contribution in [0.3, 0.4) is 0 Å². The highest BCUT2D eigenvalue weighted by Gasteiger charge is 2.39. The Morgan fingerprint density at radius 1 is 0.946 bits per heavy atom. The number of carboxylic acid groups (broad SMARTS) is 1. The fourth-order valence-electron chi connectivity index (χ4n) is 4.43. The van der Waals surface area contributed by atoms with Gasteiger partial charge < -0.3 is 31.5 Å². The number of hydrogen-bond donors (Lipinski definition) is 5. The number of rotatable bonds is 11. The first-order valence-corrected chi connectivity index (χ1v) is 12.3. The molecule has 10 heteroatoms. The molecule has 5 atom stereocenters. The van der Waals surface area contributed by atoms with Crippen LogP contribution in [0.25, 0.3) is 0 Å². The standard InChI is InChI=1S/C27H34N4O6/c1-17(32)23(30-24(33)20(28)15-18-9-4-2-5-10-18)25(34)29-21(16-19-11-6-3-7-12-19)26(35)31-14-8-13-22(31)27(36)37/h2-7,9-12,17,20-23,32H,8,13-16,28H2,1H3,(H,29,34)(H,30,33)(H,36,37). The lowest BCUT2D eigenvalue weighted by Crippen LogP contribution is -2.60. The second-order valence-electron chi connectivity index (χ2n) is 9.30. The summed E-state index contributed by atoms with van der Waals surface area (Å²) in [5.74, 6) is -3.02. The van der Waals surface area contributed by atoms with E-state index >= 15 is 0 Å². The first-order valence-electron chi connectivity index (χ1n) is 12.3. The Labute approximate surface area is 215 Å². The smallest absolute Gasteiger partial charge is 0.326 e. The van der Waals surface area contributed by atoms with E-state index in [0.717, 1.165) is 11.1 Å². The predicted molar refractivity (Wildman–Crippen MR) is 136 cm³/mol. The molecule has 198 valence electrons. The van der Waals surface area contributed by atoms with Gasteiger partial charge in [-0.1, -0.05) is 60.7 Å². The van der Waals surface area contributed by atoms with E-state index in [1.807, 2.05) is 36.4 Å². The lowest BCUT2D eigenvalue weighted by atomic mass is 10.0. The third kappa shape index (κ3) is 7.61. The minimum Gasteiger partial charge on any atom is -0.480 e. The van der Waals surface area contributed by atoms with Gasteiger partial charge in [-0.05, 0) is 37.3 Å². The van der Waals surface area contributed by atoms with Crippen molar-refractivity contribution in [2.24, 2.45) is 5.73 Å². The number of nitrogens with one attached hydrogen (secondary N) is 2. The summed E-state index contributed by atoms with van der Waals surface area (Å²) in [7, 11) is 0. The SMILES string of the molecule is CC(O)C(NC(=O)C(N)Cc1ccccc1)C(=O)NC(Cc1ccccc1)C(=O)N1CCCC1C(=O)O. The number of amides is 3. The first kappa shape index (κ1) is 27.8. The summed E-state index contributed by atoms with van der Waals surface area (Å²) in [6.45, 7) is 1.62. The molecule has 1 heterocycles. The van der Waals surface area contributed by atoms with Gasteiger partial charge in [-0.25, -0.2) is 4.79 Å². The van der Waals surface area contributed by atoms with Crippen molar-refractivity contribution < 1.29 is 29.4 Å².